The normalized spacial score (nSPS) is 18.6. The first-order chi connectivity index (χ1) is 6.90. The Morgan fingerprint density at radius 1 is 1.36 bits per heavy atom. The molecule has 0 aliphatic heterocycles. The van der Waals surface area contributed by atoms with E-state index in [0.717, 1.165) is 18.2 Å². The standard InChI is InChI=1S/C11H18N2O/c14-8-11-6-12-9-13(11)7-10-4-2-1-3-5-10/h6,9-10,14H,1-5,7-8H2. The number of imidazole rings is 1. The van der Waals surface area contributed by atoms with Crippen LogP contribution in [0.3, 0.4) is 0 Å². The predicted molar refractivity (Wildman–Crippen MR) is 54.7 cm³/mol. The molecule has 1 saturated carbocycles. The number of hydrogen-bond donors (Lipinski definition) is 1. The Morgan fingerprint density at radius 3 is 2.86 bits per heavy atom. The second-order valence-corrected chi connectivity index (χ2v) is 4.20. The third-order valence-electron chi connectivity index (χ3n) is 3.14. The van der Waals surface area contributed by atoms with Crippen LogP contribution in [0.2, 0.25) is 0 Å². The number of rotatable bonds is 3. The van der Waals surface area contributed by atoms with Gasteiger partial charge in [0.25, 0.3) is 0 Å². The molecule has 0 amide bonds. The summed E-state index contributed by atoms with van der Waals surface area (Å²) in [5.41, 5.74) is 0.940. The summed E-state index contributed by atoms with van der Waals surface area (Å²) < 4.78 is 2.09. The minimum atomic E-state index is 0.104. The molecule has 1 heterocycles. The van der Waals surface area contributed by atoms with Crippen LogP contribution in [-0.4, -0.2) is 14.7 Å². The first kappa shape index (κ1) is 9.71. The Labute approximate surface area is 84.8 Å². The van der Waals surface area contributed by atoms with E-state index in [-0.39, 0.29) is 6.61 Å². The van der Waals surface area contributed by atoms with Gasteiger partial charge in [0.1, 0.15) is 0 Å². The van der Waals surface area contributed by atoms with E-state index in [0.29, 0.717) is 0 Å². The Bertz CT molecular complexity index is 277. The Morgan fingerprint density at radius 2 is 2.14 bits per heavy atom. The average molecular weight is 194 g/mol. The fraction of sp³-hybridized carbons (Fsp3) is 0.727. The van der Waals surface area contributed by atoms with Gasteiger partial charge in [-0.2, -0.15) is 0 Å². The van der Waals surface area contributed by atoms with Crippen molar-refractivity contribution in [1.82, 2.24) is 9.55 Å². The van der Waals surface area contributed by atoms with Gasteiger partial charge >= 0.3 is 0 Å². The third kappa shape index (κ3) is 2.15. The molecule has 3 heteroatoms. The number of nitrogens with zero attached hydrogens (tertiary/aromatic N) is 2. The monoisotopic (exact) mass is 194 g/mol. The lowest BCUT2D eigenvalue weighted by Crippen LogP contribution is -2.15. The van der Waals surface area contributed by atoms with Crippen LogP contribution in [0, 0.1) is 5.92 Å². The van der Waals surface area contributed by atoms with Gasteiger partial charge in [-0.3, -0.25) is 0 Å². The van der Waals surface area contributed by atoms with Crippen LogP contribution in [-0.2, 0) is 13.2 Å². The molecule has 1 aliphatic rings. The maximum Gasteiger partial charge on any atom is 0.0948 e. The van der Waals surface area contributed by atoms with Crippen LogP contribution in [0.5, 0.6) is 0 Å². The molecule has 0 unspecified atom stereocenters. The van der Waals surface area contributed by atoms with Gasteiger partial charge in [0.05, 0.1) is 24.8 Å². The molecule has 1 aromatic rings. The van der Waals surface area contributed by atoms with Crippen LogP contribution in [0.15, 0.2) is 12.5 Å². The smallest absolute Gasteiger partial charge is 0.0948 e. The van der Waals surface area contributed by atoms with Crippen molar-refractivity contribution in [3.63, 3.8) is 0 Å². The molecule has 1 aromatic heterocycles. The SMILES string of the molecule is OCc1cncn1CC1CCCCC1. The first-order valence-corrected chi connectivity index (χ1v) is 5.50. The van der Waals surface area contributed by atoms with Gasteiger partial charge in [-0.05, 0) is 18.8 Å². The third-order valence-corrected chi connectivity index (χ3v) is 3.14. The van der Waals surface area contributed by atoms with Crippen molar-refractivity contribution in [3.8, 4) is 0 Å². The van der Waals surface area contributed by atoms with Gasteiger partial charge in [-0.15, -0.1) is 0 Å². The van der Waals surface area contributed by atoms with Gasteiger partial charge in [0, 0.05) is 6.54 Å². The molecule has 0 radical (unpaired) electrons. The van der Waals surface area contributed by atoms with Crippen LogP contribution in [0.1, 0.15) is 37.8 Å². The summed E-state index contributed by atoms with van der Waals surface area (Å²) in [6, 6.07) is 0. The molecule has 14 heavy (non-hydrogen) atoms. The summed E-state index contributed by atoms with van der Waals surface area (Å²) in [4.78, 5) is 4.06. The lowest BCUT2D eigenvalue weighted by Gasteiger charge is -2.22. The maximum absolute atomic E-state index is 9.08. The molecule has 0 saturated heterocycles. The highest BCUT2D eigenvalue weighted by atomic mass is 16.3. The van der Waals surface area contributed by atoms with Crippen molar-refractivity contribution in [2.24, 2.45) is 5.92 Å². The molecule has 1 fully saturated rings. The molecule has 1 N–H and O–H groups in total. The summed E-state index contributed by atoms with van der Waals surface area (Å²) in [6.07, 6.45) is 10.4. The van der Waals surface area contributed by atoms with E-state index in [9.17, 15) is 0 Å². The minimum Gasteiger partial charge on any atom is -0.390 e. The average Bonchev–Trinajstić information content (AvgIpc) is 2.67. The number of aromatic nitrogens is 2. The minimum absolute atomic E-state index is 0.104. The number of aliphatic hydroxyl groups excluding tert-OH is 1. The summed E-state index contributed by atoms with van der Waals surface area (Å²) in [6.45, 7) is 1.14. The van der Waals surface area contributed by atoms with Gasteiger partial charge in [0.2, 0.25) is 0 Å². The van der Waals surface area contributed by atoms with E-state index in [1.807, 2.05) is 6.33 Å². The Balaban J connectivity index is 1.95. The fourth-order valence-corrected chi connectivity index (χ4v) is 2.29. The summed E-state index contributed by atoms with van der Waals surface area (Å²) in [5.74, 6) is 0.795. The number of hydrogen-bond acceptors (Lipinski definition) is 2. The Hall–Kier alpha value is -0.830. The van der Waals surface area contributed by atoms with Crippen molar-refractivity contribution in [2.75, 3.05) is 0 Å². The lowest BCUT2D eigenvalue weighted by atomic mass is 9.89. The van der Waals surface area contributed by atoms with Gasteiger partial charge in [0.15, 0.2) is 0 Å². The van der Waals surface area contributed by atoms with E-state index < -0.39 is 0 Å². The largest absolute Gasteiger partial charge is 0.390 e. The van der Waals surface area contributed by atoms with E-state index in [4.69, 9.17) is 5.11 Å². The lowest BCUT2D eigenvalue weighted by molar-refractivity contribution is 0.259. The van der Waals surface area contributed by atoms with Crippen molar-refractivity contribution < 1.29 is 5.11 Å². The van der Waals surface area contributed by atoms with E-state index in [1.165, 1.54) is 32.1 Å². The first-order valence-electron chi connectivity index (χ1n) is 5.50. The highest BCUT2D eigenvalue weighted by Gasteiger charge is 2.14. The molecule has 1 aliphatic carbocycles. The molecular weight excluding hydrogens is 176 g/mol. The summed E-state index contributed by atoms with van der Waals surface area (Å²) in [7, 11) is 0. The Kier molecular flexibility index (Phi) is 3.19. The molecule has 3 nitrogen and oxygen atoms in total. The second-order valence-electron chi connectivity index (χ2n) is 4.20. The maximum atomic E-state index is 9.08. The van der Waals surface area contributed by atoms with Gasteiger partial charge in [-0.25, -0.2) is 4.98 Å². The van der Waals surface area contributed by atoms with Crippen molar-refractivity contribution in [2.45, 2.75) is 45.3 Å². The molecule has 78 valence electrons. The van der Waals surface area contributed by atoms with Crippen LogP contribution in [0.25, 0.3) is 0 Å². The molecule has 0 spiro atoms. The van der Waals surface area contributed by atoms with Crippen LogP contribution >= 0.6 is 0 Å². The van der Waals surface area contributed by atoms with Crippen molar-refractivity contribution in [1.29, 1.82) is 0 Å². The number of aliphatic hydroxyl groups is 1. The molecule has 0 aromatic carbocycles. The zero-order valence-electron chi connectivity index (χ0n) is 8.52. The predicted octanol–water partition coefficient (Wildman–Crippen LogP) is 1.96. The highest BCUT2D eigenvalue weighted by Crippen LogP contribution is 2.25. The highest BCUT2D eigenvalue weighted by molar-refractivity contribution is 4.96. The quantitative estimate of drug-likeness (QED) is 0.798. The zero-order valence-corrected chi connectivity index (χ0v) is 8.52. The molecular formula is C11H18N2O. The second kappa shape index (κ2) is 4.60. The van der Waals surface area contributed by atoms with Crippen molar-refractivity contribution in [3.05, 3.63) is 18.2 Å². The van der Waals surface area contributed by atoms with Gasteiger partial charge < -0.3 is 9.67 Å². The summed E-state index contributed by atoms with van der Waals surface area (Å²) >= 11 is 0. The van der Waals surface area contributed by atoms with Crippen molar-refractivity contribution >= 4 is 0 Å². The van der Waals surface area contributed by atoms with E-state index >= 15 is 0 Å². The van der Waals surface area contributed by atoms with Crippen LogP contribution in [0.4, 0.5) is 0 Å². The van der Waals surface area contributed by atoms with Gasteiger partial charge in [-0.1, -0.05) is 19.3 Å². The van der Waals surface area contributed by atoms with E-state index in [2.05, 4.69) is 9.55 Å². The zero-order chi connectivity index (χ0) is 9.80. The topological polar surface area (TPSA) is 38.1 Å². The molecule has 2 rings (SSSR count). The van der Waals surface area contributed by atoms with Crippen LogP contribution < -0.4 is 0 Å². The molecule has 0 atom stereocenters. The fourth-order valence-electron chi connectivity index (χ4n) is 2.29. The molecule has 0 bridgehead atoms. The summed E-state index contributed by atoms with van der Waals surface area (Å²) in [5, 5.41) is 9.08. The van der Waals surface area contributed by atoms with E-state index in [1.54, 1.807) is 6.20 Å².